The van der Waals surface area contributed by atoms with E-state index >= 15 is 0 Å². The molecule has 0 spiro atoms. The predicted molar refractivity (Wildman–Crippen MR) is 231 cm³/mol. The van der Waals surface area contributed by atoms with Crippen LogP contribution < -0.4 is 29.0 Å². The lowest BCUT2D eigenvalue weighted by atomic mass is 10.1. The van der Waals surface area contributed by atoms with Crippen LogP contribution in [0.2, 0.25) is 0 Å². The summed E-state index contributed by atoms with van der Waals surface area (Å²) in [7, 11) is 0. The first kappa shape index (κ1) is 45.1. The van der Waals surface area contributed by atoms with Gasteiger partial charge in [0, 0.05) is 12.6 Å². The summed E-state index contributed by atoms with van der Waals surface area (Å²) in [6.07, 6.45) is -0.247. The van der Waals surface area contributed by atoms with Gasteiger partial charge in [0.05, 0.1) is 38.5 Å². The number of esters is 5. The van der Waals surface area contributed by atoms with Crippen molar-refractivity contribution in [2.24, 2.45) is 0 Å². The Labute approximate surface area is 367 Å². The van der Waals surface area contributed by atoms with Gasteiger partial charge in [-0.25, -0.2) is 0 Å². The number of ether oxygens (including phenoxy) is 5. The van der Waals surface area contributed by atoms with Crippen LogP contribution in [0.4, 0.5) is 5.69 Å². The molecular formula is C50H41NO13. The van der Waals surface area contributed by atoms with Crippen molar-refractivity contribution in [3.05, 3.63) is 179 Å². The molecule has 0 aliphatic rings. The lowest BCUT2D eigenvalue weighted by molar-refractivity contribution is -0.136. The van der Waals surface area contributed by atoms with Gasteiger partial charge >= 0.3 is 35.8 Å². The smallest absolute Gasteiger partial charge is 0.315 e. The lowest BCUT2D eigenvalue weighted by Gasteiger charge is -2.09. The highest BCUT2D eigenvalue weighted by Gasteiger charge is 2.14. The summed E-state index contributed by atoms with van der Waals surface area (Å²) in [5, 5.41) is 11.5. The third-order valence-corrected chi connectivity index (χ3v) is 9.15. The summed E-state index contributed by atoms with van der Waals surface area (Å²) in [6, 6.07) is 38.9. The van der Waals surface area contributed by atoms with E-state index in [-0.39, 0.29) is 50.2 Å². The quantitative estimate of drug-likeness (QED) is 0.0662. The Morgan fingerprint density at radius 3 is 0.750 bits per heavy atom. The standard InChI is InChI=1S/C50H41NO13/c1-32(52)51-39-14-2-34(3-15-39)27-46(55)61-41-18-6-36(7-19-41)29-48(57)63-43-22-10-38(11-23-43)31-50(59)64-44-24-12-37(13-25-44)30-49(58)62-42-20-8-35(9-21-42)28-47(56)60-40-16-4-33(5-17-40)26-45(53)54/h2-25H,26-31H2,1H3,(H,51,52)(H,53,54). The zero-order valence-corrected chi connectivity index (χ0v) is 34.4. The Morgan fingerprint density at radius 1 is 0.344 bits per heavy atom. The number of anilines is 1. The van der Waals surface area contributed by atoms with Gasteiger partial charge in [-0.2, -0.15) is 0 Å². The van der Waals surface area contributed by atoms with Crippen molar-refractivity contribution in [2.45, 2.75) is 45.4 Å². The second-order valence-corrected chi connectivity index (χ2v) is 14.4. The summed E-state index contributed by atoms with van der Waals surface area (Å²) >= 11 is 0. The fourth-order valence-electron chi connectivity index (χ4n) is 6.13. The van der Waals surface area contributed by atoms with Crippen LogP contribution in [0, 0.1) is 0 Å². The topological polar surface area (TPSA) is 198 Å². The Morgan fingerprint density at radius 2 is 0.547 bits per heavy atom. The summed E-state index contributed by atoms with van der Waals surface area (Å²) in [5.41, 5.74) is 4.48. The van der Waals surface area contributed by atoms with Gasteiger partial charge in [-0.05, 0) is 106 Å². The number of carbonyl (C=O) groups excluding carboxylic acids is 6. The molecular weight excluding hydrogens is 823 g/mol. The van der Waals surface area contributed by atoms with E-state index < -0.39 is 35.8 Å². The zero-order valence-electron chi connectivity index (χ0n) is 34.4. The van der Waals surface area contributed by atoms with Gasteiger partial charge in [-0.15, -0.1) is 0 Å². The van der Waals surface area contributed by atoms with Crippen LogP contribution >= 0.6 is 0 Å². The van der Waals surface area contributed by atoms with E-state index in [9.17, 15) is 33.6 Å². The average molecular weight is 864 g/mol. The summed E-state index contributed by atoms with van der Waals surface area (Å²) in [4.78, 5) is 84.7. The first-order valence-electron chi connectivity index (χ1n) is 19.9. The number of rotatable bonds is 18. The Balaban J connectivity index is 0.871. The molecule has 0 aliphatic carbocycles. The molecule has 0 saturated heterocycles. The Bertz CT molecular complexity index is 2420. The molecule has 0 heterocycles. The number of carboxylic acids is 1. The zero-order chi connectivity index (χ0) is 45.4. The highest BCUT2D eigenvalue weighted by molar-refractivity contribution is 5.88. The molecule has 1 amide bonds. The van der Waals surface area contributed by atoms with Crippen LogP contribution in [-0.4, -0.2) is 46.8 Å². The third-order valence-electron chi connectivity index (χ3n) is 9.15. The van der Waals surface area contributed by atoms with E-state index in [0.29, 0.717) is 56.5 Å². The number of amides is 1. The summed E-state index contributed by atoms with van der Waals surface area (Å²) < 4.78 is 27.1. The van der Waals surface area contributed by atoms with Crippen molar-refractivity contribution in [3.63, 3.8) is 0 Å². The van der Waals surface area contributed by atoms with Crippen LogP contribution in [0.25, 0.3) is 0 Å². The Hall–Kier alpha value is -8.39. The number of benzene rings is 6. The molecule has 0 aromatic heterocycles. The van der Waals surface area contributed by atoms with E-state index in [0.717, 1.165) is 5.56 Å². The molecule has 324 valence electrons. The molecule has 6 rings (SSSR count). The molecule has 6 aromatic rings. The van der Waals surface area contributed by atoms with Gasteiger partial charge in [-0.1, -0.05) is 72.8 Å². The van der Waals surface area contributed by atoms with Crippen molar-refractivity contribution in [1.82, 2.24) is 0 Å². The maximum Gasteiger partial charge on any atom is 0.315 e. The molecule has 64 heavy (non-hydrogen) atoms. The third kappa shape index (κ3) is 15.0. The molecule has 0 fully saturated rings. The van der Waals surface area contributed by atoms with Crippen molar-refractivity contribution in [2.75, 3.05) is 5.32 Å². The molecule has 0 bridgehead atoms. The fraction of sp³-hybridized carbons (Fsp3) is 0.140. The van der Waals surface area contributed by atoms with Gasteiger partial charge in [0.15, 0.2) is 0 Å². The van der Waals surface area contributed by atoms with Crippen LogP contribution in [0.15, 0.2) is 146 Å². The van der Waals surface area contributed by atoms with Crippen LogP contribution in [0.1, 0.15) is 40.3 Å². The van der Waals surface area contributed by atoms with Crippen LogP contribution in [-0.2, 0) is 72.1 Å². The van der Waals surface area contributed by atoms with E-state index in [1.807, 2.05) is 0 Å². The lowest BCUT2D eigenvalue weighted by Crippen LogP contribution is -2.13. The highest BCUT2D eigenvalue weighted by atomic mass is 16.6. The summed E-state index contributed by atoms with van der Waals surface area (Å²) in [5.74, 6) is -2.18. The molecule has 0 atom stereocenters. The first-order chi connectivity index (χ1) is 30.8. The minimum Gasteiger partial charge on any atom is -0.481 e. The first-order valence-corrected chi connectivity index (χ1v) is 19.9. The molecule has 0 aliphatic heterocycles. The normalized spacial score (nSPS) is 10.5. The molecule has 0 radical (unpaired) electrons. The number of aliphatic carboxylic acids is 1. The largest absolute Gasteiger partial charge is 0.481 e. The van der Waals surface area contributed by atoms with E-state index in [1.54, 1.807) is 133 Å². The summed E-state index contributed by atoms with van der Waals surface area (Å²) in [6.45, 7) is 1.41. The fourth-order valence-corrected chi connectivity index (χ4v) is 6.13. The highest BCUT2D eigenvalue weighted by Crippen LogP contribution is 2.21. The van der Waals surface area contributed by atoms with Crippen molar-refractivity contribution >= 4 is 47.4 Å². The number of carboxylic acid groups (broad SMARTS) is 1. The Kier molecular flexibility index (Phi) is 15.5. The molecule has 2 N–H and O–H groups in total. The monoisotopic (exact) mass is 863 g/mol. The molecule has 14 heteroatoms. The maximum absolute atomic E-state index is 12.7. The van der Waals surface area contributed by atoms with Crippen molar-refractivity contribution < 1.29 is 62.4 Å². The van der Waals surface area contributed by atoms with E-state index in [1.165, 1.54) is 19.1 Å². The maximum atomic E-state index is 12.7. The van der Waals surface area contributed by atoms with Gasteiger partial charge in [0.1, 0.15) is 28.7 Å². The van der Waals surface area contributed by atoms with Crippen molar-refractivity contribution in [1.29, 1.82) is 0 Å². The minimum absolute atomic E-state index is 0.0299. The molecule has 0 saturated carbocycles. The van der Waals surface area contributed by atoms with Crippen molar-refractivity contribution in [3.8, 4) is 28.7 Å². The number of carbonyl (C=O) groups is 7. The van der Waals surface area contributed by atoms with E-state index in [4.69, 9.17) is 28.8 Å². The van der Waals surface area contributed by atoms with Gasteiger partial charge < -0.3 is 34.1 Å². The molecule has 14 nitrogen and oxygen atoms in total. The number of nitrogens with one attached hydrogen (secondary N) is 1. The van der Waals surface area contributed by atoms with Crippen LogP contribution in [0.3, 0.4) is 0 Å². The van der Waals surface area contributed by atoms with Gasteiger partial charge in [0.2, 0.25) is 5.91 Å². The van der Waals surface area contributed by atoms with Crippen LogP contribution in [0.5, 0.6) is 28.7 Å². The van der Waals surface area contributed by atoms with Gasteiger partial charge in [-0.3, -0.25) is 33.6 Å². The number of hydrogen-bond acceptors (Lipinski definition) is 12. The molecule has 0 unspecified atom stereocenters. The second kappa shape index (κ2) is 21.9. The van der Waals surface area contributed by atoms with Gasteiger partial charge in [0.25, 0.3) is 0 Å². The van der Waals surface area contributed by atoms with E-state index in [2.05, 4.69) is 5.32 Å². The number of hydrogen-bond donors (Lipinski definition) is 2. The second-order valence-electron chi connectivity index (χ2n) is 14.4. The minimum atomic E-state index is -0.956. The SMILES string of the molecule is CC(=O)Nc1ccc(CC(=O)Oc2ccc(CC(=O)Oc3ccc(CC(=O)Oc4ccc(CC(=O)Oc5ccc(CC(=O)Oc6ccc(CC(=O)O)cc6)cc5)cc4)cc3)cc2)cc1. The molecule has 6 aromatic carbocycles. The average Bonchev–Trinajstić information content (AvgIpc) is 3.24. The predicted octanol–water partition coefficient (Wildman–Crippen LogP) is 7.01.